The summed E-state index contributed by atoms with van der Waals surface area (Å²) >= 11 is 6.18. The first-order valence-corrected chi connectivity index (χ1v) is 15.3. The van der Waals surface area contributed by atoms with Crippen LogP contribution in [0.3, 0.4) is 0 Å². The lowest BCUT2D eigenvalue weighted by atomic mass is 9.74. The highest BCUT2D eigenvalue weighted by Gasteiger charge is 2.47. The molecule has 3 aliphatic rings. The minimum Gasteiger partial charge on any atom is -0.411 e. The van der Waals surface area contributed by atoms with Gasteiger partial charge in [-0.2, -0.15) is 0 Å². The van der Waals surface area contributed by atoms with Gasteiger partial charge in [0.05, 0.1) is 23.6 Å². The Kier molecular flexibility index (Phi) is 10.5. The number of carbonyl (C=O) groups excluding carboxylic acids is 2. The molecule has 2 heterocycles. The van der Waals surface area contributed by atoms with E-state index in [1.807, 2.05) is 30.9 Å². The molecule has 4 rings (SSSR count). The van der Waals surface area contributed by atoms with E-state index < -0.39 is 5.41 Å². The van der Waals surface area contributed by atoms with Gasteiger partial charge in [0, 0.05) is 48.7 Å². The minimum atomic E-state index is -0.919. The lowest BCUT2D eigenvalue weighted by Crippen LogP contribution is -2.55. The van der Waals surface area contributed by atoms with Gasteiger partial charge in [0.1, 0.15) is 0 Å². The van der Waals surface area contributed by atoms with E-state index in [4.69, 9.17) is 11.6 Å². The maximum atomic E-state index is 14.2. The minimum absolute atomic E-state index is 0. The van der Waals surface area contributed by atoms with E-state index in [1.165, 1.54) is 6.21 Å². The maximum Gasteiger partial charge on any atom is 0.234 e. The van der Waals surface area contributed by atoms with Crippen LogP contribution in [0.15, 0.2) is 29.4 Å². The Morgan fingerprint density at radius 2 is 1.61 bits per heavy atom. The molecule has 1 aromatic carbocycles. The van der Waals surface area contributed by atoms with Gasteiger partial charge in [-0.15, -0.1) is 17.6 Å². The molecule has 0 radical (unpaired) electrons. The summed E-state index contributed by atoms with van der Waals surface area (Å²) in [6.45, 7) is 17.6. The van der Waals surface area contributed by atoms with Gasteiger partial charge in [-0.25, -0.2) is 0 Å². The molecular formula is C32H50Cl2N4O3. The molecule has 0 aromatic heterocycles. The van der Waals surface area contributed by atoms with Crippen molar-refractivity contribution in [3.8, 4) is 0 Å². The van der Waals surface area contributed by atoms with Crippen LogP contribution < -0.4 is 0 Å². The first-order valence-electron chi connectivity index (χ1n) is 14.9. The van der Waals surface area contributed by atoms with Crippen LogP contribution in [0.5, 0.6) is 0 Å². The summed E-state index contributed by atoms with van der Waals surface area (Å²) in [5, 5.41) is 13.2. The van der Waals surface area contributed by atoms with Crippen LogP contribution in [-0.4, -0.2) is 81.7 Å². The van der Waals surface area contributed by atoms with Crippen molar-refractivity contribution in [2.24, 2.45) is 21.9 Å². The number of likely N-dealkylation sites (tertiary alicyclic amines) is 2. The van der Waals surface area contributed by atoms with E-state index >= 15 is 0 Å². The van der Waals surface area contributed by atoms with Crippen molar-refractivity contribution in [3.63, 3.8) is 0 Å². The summed E-state index contributed by atoms with van der Waals surface area (Å²) in [6, 6.07) is 8.04. The second-order valence-electron chi connectivity index (χ2n) is 14.6. The van der Waals surface area contributed by atoms with Crippen molar-refractivity contribution in [2.45, 2.75) is 104 Å². The molecule has 2 saturated heterocycles. The van der Waals surface area contributed by atoms with Crippen LogP contribution in [0.2, 0.25) is 5.02 Å². The Morgan fingerprint density at radius 3 is 2.17 bits per heavy atom. The number of hydrogen-bond acceptors (Lipinski definition) is 5. The highest BCUT2D eigenvalue weighted by atomic mass is 35.5. The van der Waals surface area contributed by atoms with Crippen LogP contribution in [0.1, 0.15) is 92.1 Å². The molecule has 7 nitrogen and oxygen atoms in total. The molecule has 41 heavy (non-hydrogen) atoms. The third-order valence-corrected chi connectivity index (χ3v) is 9.87. The van der Waals surface area contributed by atoms with E-state index in [2.05, 4.69) is 61.7 Å². The van der Waals surface area contributed by atoms with Gasteiger partial charge in [0.15, 0.2) is 0 Å². The molecule has 2 amide bonds. The Balaban J connectivity index is 0.00000462. The molecule has 3 fully saturated rings. The Morgan fingerprint density at radius 1 is 1.00 bits per heavy atom. The monoisotopic (exact) mass is 608 g/mol. The van der Waals surface area contributed by atoms with Gasteiger partial charge in [-0.1, -0.05) is 37.6 Å². The highest BCUT2D eigenvalue weighted by Crippen LogP contribution is 2.41. The molecule has 9 heteroatoms. The molecule has 0 unspecified atom stereocenters. The Hall–Kier alpha value is -1.83. The van der Waals surface area contributed by atoms with Crippen LogP contribution in [0, 0.1) is 16.7 Å². The average Bonchev–Trinajstić information content (AvgIpc) is 3.53. The second kappa shape index (κ2) is 12.8. The van der Waals surface area contributed by atoms with Crippen LogP contribution >= 0.6 is 24.0 Å². The van der Waals surface area contributed by atoms with Crippen molar-refractivity contribution >= 4 is 42.0 Å². The predicted octanol–water partition coefficient (Wildman–Crippen LogP) is 6.46. The maximum absolute atomic E-state index is 14.2. The van der Waals surface area contributed by atoms with Crippen molar-refractivity contribution in [2.75, 3.05) is 26.2 Å². The number of benzene rings is 1. The smallest absolute Gasteiger partial charge is 0.234 e. The number of hydrogen-bond donors (Lipinski definition) is 1. The molecule has 1 aliphatic carbocycles. The molecular weight excluding hydrogens is 559 g/mol. The summed E-state index contributed by atoms with van der Waals surface area (Å²) in [4.78, 5) is 34.6. The molecule has 2 aliphatic heterocycles. The van der Waals surface area contributed by atoms with Crippen LogP contribution in [0.4, 0.5) is 0 Å². The molecule has 1 N–H and O–H groups in total. The lowest BCUT2D eigenvalue weighted by Gasteiger charge is -2.44. The van der Waals surface area contributed by atoms with Crippen LogP contribution in [0.25, 0.3) is 0 Å². The van der Waals surface area contributed by atoms with Gasteiger partial charge in [-0.05, 0) is 89.8 Å². The van der Waals surface area contributed by atoms with Crippen molar-refractivity contribution < 1.29 is 14.8 Å². The summed E-state index contributed by atoms with van der Waals surface area (Å²) in [5.74, 6) is 0.119. The van der Waals surface area contributed by atoms with Gasteiger partial charge in [-0.3, -0.25) is 14.5 Å². The summed E-state index contributed by atoms with van der Waals surface area (Å²) in [5.41, 5.74) is 0.475. The largest absolute Gasteiger partial charge is 0.411 e. The summed E-state index contributed by atoms with van der Waals surface area (Å²) in [7, 11) is 0. The van der Waals surface area contributed by atoms with Gasteiger partial charge < -0.3 is 15.0 Å². The zero-order chi connectivity index (χ0) is 29.5. The van der Waals surface area contributed by atoms with Gasteiger partial charge in [0.25, 0.3) is 0 Å². The molecule has 1 aromatic rings. The average molecular weight is 610 g/mol. The fraction of sp³-hybridized carbons (Fsp3) is 0.719. The first kappa shape index (κ1) is 33.7. The number of nitrogens with zero attached hydrogens (tertiary/aromatic N) is 4. The fourth-order valence-electron chi connectivity index (χ4n) is 6.88. The summed E-state index contributed by atoms with van der Waals surface area (Å²) < 4.78 is 0. The predicted molar refractivity (Wildman–Crippen MR) is 168 cm³/mol. The van der Waals surface area contributed by atoms with E-state index in [1.54, 1.807) is 0 Å². The molecule has 0 bridgehead atoms. The van der Waals surface area contributed by atoms with Crippen molar-refractivity contribution in [1.29, 1.82) is 0 Å². The third kappa shape index (κ3) is 7.58. The molecule has 3 atom stereocenters. The number of halogens is 2. The van der Waals surface area contributed by atoms with E-state index in [0.717, 1.165) is 50.8 Å². The molecule has 0 spiro atoms. The lowest BCUT2D eigenvalue weighted by molar-refractivity contribution is -0.144. The number of amides is 2. The Labute approximate surface area is 258 Å². The van der Waals surface area contributed by atoms with Crippen LogP contribution in [-0.2, 0) is 9.59 Å². The highest BCUT2D eigenvalue weighted by molar-refractivity contribution is 6.30. The van der Waals surface area contributed by atoms with E-state index in [9.17, 15) is 14.8 Å². The molecule has 1 saturated carbocycles. The third-order valence-electron chi connectivity index (χ3n) is 9.62. The van der Waals surface area contributed by atoms with E-state index in [0.29, 0.717) is 18.1 Å². The van der Waals surface area contributed by atoms with Gasteiger partial charge in [0.2, 0.25) is 11.8 Å². The fourth-order valence-corrected chi connectivity index (χ4v) is 7.00. The SMILES string of the molecule is CC1(C)CCC(N(C(=O)C(C)(C)/C=N/O)[C@H]2CCN(C(=O)[C@@H]3CN(C(C)(C)C)C[C@H]3c3ccc(Cl)cc3)C2)CC1.Cl. The standard InChI is InChI=1S/C32H49ClN4O3.ClH/c1-30(2,3)36-19-26(22-8-10-23(33)11-9-22)27(20-36)28(38)35-17-14-25(18-35)37(29(39)32(6,7)21-34-40)24-12-15-31(4,5)16-13-24;/h8-11,21,24-27,40H,12-20H2,1-7H3;1H/b34-21+;/t25-,26-,27+;/m0./s1. The van der Waals surface area contributed by atoms with Gasteiger partial charge >= 0.3 is 0 Å². The topological polar surface area (TPSA) is 76.5 Å². The first-order chi connectivity index (χ1) is 18.6. The number of oxime groups is 1. The number of rotatable bonds is 6. The van der Waals surface area contributed by atoms with E-state index in [-0.39, 0.29) is 59.1 Å². The zero-order valence-electron chi connectivity index (χ0n) is 25.9. The quantitative estimate of drug-likeness (QED) is 0.228. The van der Waals surface area contributed by atoms with Crippen molar-refractivity contribution in [1.82, 2.24) is 14.7 Å². The zero-order valence-corrected chi connectivity index (χ0v) is 27.5. The second-order valence-corrected chi connectivity index (χ2v) is 15.1. The molecule has 230 valence electrons. The number of carbonyl (C=O) groups is 2. The van der Waals surface area contributed by atoms with Crippen molar-refractivity contribution in [3.05, 3.63) is 34.9 Å². The Bertz CT molecular complexity index is 1090. The summed E-state index contributed by atoms with van der Waals surface area (Å²) in [6.07, 6.45) is 6.15. The normalized spacial score (nSPS) is 25.9.